The number of hydrogen-bond acceptors (Lipinski definition) is 4. The summed E-state index contributed by atoms with van der Waals surface area (Å²) < 4.78 is 0. The molecular weight excluding hydrogens is 132 g/mol. The SMILES string of the molecule is CNCCN(C)CC(O)O. The highest BCUT2D eigenvalue weighted by molar-refractivity contribution is 4.52. The minimum atomic E-state index is -1.22. The summed E-state index contributed by atoms with van der Waals surface area (Å²) in [7, 11) is 3.71. The van der Waals surface area contributed by atoms with Crippen LogP contribution >= 0.6 is 0 Å². The van der Waals surface area contributed by atoms with Crippen LogP contribution in [0.1, 0.15) is 0 Å². The van der Waals surface area contributed by atoms with Crippen LogP contribution < -0.4 is 5.32 Å². The van der Waals surface area contributed by atoms with Crippen LogP contribution in [0.3, 0.4) is 0 Å². The van der Waals surface area contributed by atoms with Crippen LogP contribution in [0.15, 0.2) is 0 Å². The van der Waals surface area contributed by atoms with E-state index < -0.39 is 6.29 Å². The molecule has 0 aromatic rings. The van der Waals surface area contributed by atoms with Gasteiger partial charge in [0.25, 0.3) is 0 Å². The maximum absolute atomic E-state index is 8.52. The molecule has 0 unspecified atom stereocenters. The maximum Gasteiger partial charge on any atom is 0.164 e. The average molecular weight is 148 g/mol. The molecule has 0 atom stereocenters. The van der Waals surface area contributed by atoms with Crippen LogP contribution in [0.5, 0.6) is 0 Å². The molecule has 0 aromatic heterocycles. The Bertz CT molecular complexity index is 78.1. The second kappa shape index (κ2) is 5.61. The van der Waals surface area contributed by atoms with E-state index in [-0.39, 0.29) is 0 Å². The lowest BCUT2D eigenvalue weighted by molar-refractivity contribution is -0.0569. The molecular formula is C6H16N2O2. The molecule has 4 nitrogen and oxygen atoms in total. The van der Waals surface area contributed by atoms with Gasteiger partial charge >= 0.3 is 0 Å². The minimum Gasteiger partial charge on any atom is -0.367 e. The zero-order chi connectivity index (χ0) is 7.98. The molecule has 0 spiro atoms. The van der Waals surface area contributed by atoms with Gasteiger partial charge in [0.2, 0.25) is 0 Å². The molecule has 0 bridgehead atoms. The van der Waals surface area contributed by atoms with Crippen molar-refractivity contribution in [1.29, 1.82) is 0 Å². The Kier molecular flexibility index (Phi) is 5.52. The molecule has 0 rings (SSSR count). The van der Waals surface area contributed by atoms with Gasteiger partial charge in [-0.15, -0.1) is 0 Å². The highest BCUT2D eigenvalue weighted by Crippen LogP contribution is 1.82. The summed E-state index contributed by atoms with van der Waals surface area (Å²) in [6, 6.07) is 0. The molecule has 0 aromatic carbocycles. The summed E-state index contributed by atoms with van der Waals surface area (Å²) in [5, 5.41) is 20.0. The molecule has 0 aliphatic rings. The fraction of sp³-hybridized carbons (Fsp3) is 1.00. The molecule has 4 heteroatoms. The molecule has 62 valence electrons. The predicted octanol–water partition coefficient (Wildman–Crippen LogP) is -1.55. The van der Waals surface area contributed by atoms with E-state index in [1.54, 1.807) is 0 Å². The molecule has 0 aliphatic carbocycles. The highest BCUT2D eigenvalue weighted by Gasteiger charge is 2.01. The summed E-state index contributed by atoms with van der Waals surface area (Å²) >= 11 is 0. The first-order valence-electron chi connectivity index (χ1n) is 3.36. The summed E-state index contributed by atoms with van der Waals surface area (Å²) in [5.41, 5.74) is 0. The van der Waals surface area contributed by atoms with Crippen molar-refractivity contribution in [2.24, 2.45) is 0 Å². The standard InChI is InChI=1S/C6H16N2O2/c1-7-3-4-8(2)5-6(9)10/h6-7,9-10H,3-5H2,1-2H3. The van der Waals surface area contributed by atoms with Gasteiger partial charge < -0.3 is 20.4 Å². The molecule has 0 saturated heterocycles. The smallest absolute Gasteiger partial charge is 0.164 e. The largest absolute Gasteiger partial charge is 0.367 e. The van der Waals surface area contributed by atoms with Crippen molar-refractivity contribution < 1.29 is 10.2 Å². The quantitative estimate of drug-likeness (QED) is 0.413. The van der Waals surface area contributed by atoms with Crippen LogP contribution in [-0.2, 0) is 0 Å². The average Bonchev–Trinajstić information content (AvgIpc) is 1.82. The zero-order valence-corrected chi connectivity index (χ0v) is 6.54. The summed E-state index contributed by atoms with van der Waals surface area (Å²) in [6.45, 7) is 2.00. The van der Waals surface area contributed by atoms with E-state index in [9.17, 15) is 0 Å². The number of likely N-dealkylation sites (N-methyl/N-ethyl adjacent to an activating group) is 2. The van der Waals surface area contributed by atoms with Gasteiger partial charge in [0.15, 0.2) is 6.29 Å². The number of aliphatic hydroxyl groups is 2. The van der Waals surface area contributed by atoms with Crippen LogP contribution in [-0.4, -0.2) is 55.1 Å². The van der Waals surface area contributed by atoms with Crippen molar-refractivity contribution >= 4 is 0 Å². The van der Waals surface area contributed by atoms with Gasteiger partial charge in [0.05, 0.1) is 0 Å². The van der Waals surface area contributed by atoms with Gasteiger partial charge in [-0.25, -0.2) is 0 Å². The van der Waals surface area contributed by atoms with E-state index in [0.29, 0.717) is 6.54 Å². The van der Waals surface area contributed by atoms with Crippen molar-refractivity contribution in [1.82, 2.24) is 10.2 Å². The molecule has 0 amide bonds. The monoisotopic (exact) mass is 148 g/mol. The van der Waals surface area contributed by atoms with E-state index in [1.165, 1.54) is 0 Å². The van der Waals surface area contributed by atoms with E-state index in [1.807, 2.05) is 19.0 Å². The Hall–Kier alpha value is -0.160. The van der Waals surface area contributed by atoms with Gasteiger partial charge in [-0.2, -0.15) is 0 Å². The maximum atomic E-state index is 8.52. The number of rotatable bonds is 5. The third-order valence-corrected chi connectivity index (χ3v) is 1.22. The summed E-state index contributed by atoms with van der Waals surface area (Å²) in [6.07, 6.45) is -1.22. The number of aliphatic hydroxyl groups excluding tert-OH is 1. The molecule has 0 fully saturated rings. The van der Waals surface area contributed by atoms with Gasteiger partial charge in [0.1, 0.15) is 0 Å². The lowest BCUT2D eigenvalue weighted by Gasteiger charge is -2.16. The van der Waals surface area contributed by atoms with Gasteiger partial charge in [-0.05, 0) is 14.1 Å². The van der Waals surface area contributed by atoms with Crippen molar-refractivity contribution in [2.45, 2.75) is 6.29 Å². The van der Waals surface area contributed by atoms with E-state index in [4.69, 9.17) is 10.2 Å². The van der Waals surface area contributed by atoms with Crippen LogP contribution in [0.2, 0.25) is 0 Å². The number of hydrogen-bond donors (Lipinski definition) is 3. The first kappa shape index (κ1) is 9.84. The fourth-order valence-electron chi connectivity index (χ4n) is 0.673. The van der Waals surface area contributed by atoms with Crippen molar-refractivity contribution in [3.63, 3.8) is 0 Å². The summed E-state index contributed by atoms with van der Waals surface area (Å²) in [4.78, 5) is 1.85. The van der Waals surface area contributed by atoms with E-state index in [0.717, 1.165) is 13.1 Å². The summed E-state index contributed by atoms with van der Waals surface area (Å²) in [5.74, 6) is 0. The van der Waals surface area contributed by atoms with Gasteiger partial charge in [-0.1, -0.05) is 0 Å². The first-order valence-corrected chi connectivity index (χ1v) is 3.36. The normalized spacial score (nSPS) is 11.4. The van der Waals surface area contributed by atoms with Crippen molar-refractivity contribution in [3.8, 4) is 0 Å². The lowest BCUT2D eigenvalue weighted by Crippen LogP contribution is -2.33. The Morgan fingerprint density at radius 2 is 2.10 bits per heavy atom. The second-order valence-corrected chi connectivity index (χ2v) is 2.35. The third-order valence-electron chi connectivity index (χ3n) is 1.22. The number of nitrogens with one attached hydrogen (secondary N) is 1. The molecule has 0 heterocycles. The second-order valence-electron chi connectivity index (χ2n) is 2.35. The van der Waals surface area contributed by atoms with E-state index >= 15 is 0 Å². The fourth-order valence-corrected chi connectivity index (χ4v) is 0.673. The van der Waals surface area contributed by atoms with E-state index in [2.05, 4.69) is 5.32 Å². The molecule has 0 saturated carbocycles. The van der Waals surface area contributed by atoms with Crippen LogP contribution in [0, 0.1) is 0 Å². The third kappa shape index (κ3) is 5.97. The van der Waals surface area contributed by atoms with Gasteiger partial charge in [0, 0.05) is 19.6 Å². The molecule has 3 N–H and O–H groups in total. The molecule has 10 heavy (non-hydrogen) atoms. The zero-order valence-electron chi connectivity index (χ0n) is 6.54. The first-order chi connectivity index (χ1) is 4.66. The van der Waals surface area contributed by atoms with Crippen LogP contribution in [0.25, 0.3) is 0 Å². The predicted molar refractivity (Wildman–Crippen MR) is 39.6 cm³/mol. The molecule has 0 radical (unpaired) electrons. The Morgan fingerprint density at radius 3 is 2.50 bits per heavy atom. The lowest BCUT2D eigenvalue weighted by atomic mass is 10.5. The minimum absolute atomic E-state index is 0.307. The highest BCUT2D eigenvalue weighted by atomic mass is 16.5. The van der Waals surface area contributed by atoms with Gasteiger partial charge in [-0.3, -0.25) is 0 Å². The Labute approximate surface area is 61.5 Å². The Morgan fingerprint density at radius 1 is 1.50 bits per heavy atom. The van der Waals surface area contributed by atoms with Crippen molar-refractivity contribution in [2.75, 3.05) is 33.7 Å². The van der Waals surface area contributed by atoms with Crippen molar-refractivity contribution in [3.05, 3.63) is 0 Å². The molecule has 0 aliphatic heterocycles. The number of nitrogens with zero attached hydrogens (tertiary/aromatic N) is 1. The topological polar surface area (TPSA) is 55.7 Å². The Balaban J connectivity index is 3.16. The van der Waals surface area contributed by atoms with Crippen LogP contribution in [0.4, 0.5) is 0 Å².